The third kappa shape index (κ3) is 3.31. The van der Waals surface area contributed by atoms with Crippen molar-refractivity contribution < 1.29 is 0 Å². The average molecular weight is 272 g/mol. The third-order valence-corrected chi connectivity index (χ3v) is 4.59. The van der Waals surface area contributed by atoms with E-state index in [0.717, 1.165) is 12.0 Å². The summed E-state index contributed by atoms with van der Waals surface area (Å²) in [4.78, 5) is 2.56. The second kappa shape index (κ2) is 6.55. The van der Waals surface area contributed by atoms with E-state index in [2.05, 4.69) is 55.7 Å². The molecule has 0 aliphatic carbocycles. The quantitative estimate of drug-likeness (QED) is 0.828. The van der Waals surface area contributed by atoms with Crippen molar-refractivity contribution in [2.75, 3.05) is 13.1 Å². The van der Waals surface area contributed by atoms with Gasteiger partial charge in [-0.15, -0.1) is 6.58 Å². The number of nitrogens with two attached hydrogens (primary N) is 1. The summed E-state index contributed by atoms with van der Waals surface area (Å²) >= 11 is 0. The minimum Gasteiger partial charge on any atom is -0.320 e. The van der Waals surface area contributed by atoms with Crippen molar-refractivity contribution in [1.82, 2.24) is 4.90 Å². The minimum atomic E-state index is -0.343. The Hall–Kier alpha value is -1.12. The van der Waals surface area contributed by atoms with Gasteiger partial charge in [0.1, 0.15) is 0 Å². The number of rotatable bonds is 5. The number of benzene rings is 1. The van der Waals surface area contributed by atoms with E-state index >= 15 is 0 Å². The standard InChI is InChI=1S/C18H28N2/c1-15(2)14-18(19,17-10-6-4-7-11-17)16(3)20-12-8-5-9-13-20/h4,6-7,10-11,16H,1,5,8-9,12-14,19H2,2-3H3. The lowest BCUT2D eigenvalue weighted by Gasteiger charge is -2.44. The van der Waals surface area contributed by atoms with Crippen molar-refractivity contribution in [1.29, 1.82) is 0 Å². The fourth-order valence-electron chi connectivity index (χ4n) is 3.37. The van der Waals surface area contributed by atoms with Gasteiger partial charge in [-0.05, 0) is 51.8 Å². The predicted octanol–water partition coefficient (Wildman–Crippen LogP) is 3.68. The Kier molecular flexibility index (Phi) is 5.00. The van der Waals surface area contributed by atoms with Crippen LogP contribution in [-0.2, 0) is 5.54 Å². The van der Waals surface area contributed by atoms with Crippen molar-refractivity contribution in [2.45, 2.75) is 51.1 Å². The molecule has 1 fully saturated rings. The van der Waals surface area contributed by atoms with Crippen LogP contribution in [0.25, 0.3) is 0 Å². The summed E-state index contributed by atoms with van der Waals surface area (Å²) in [6, 6.07) is 10.9. The topological polar surface area (TPSA) is 29.3 Å². The maximum atomic E-state index is 6.89. The maximum Gasteiger partial charge on any atom is 0.0601 e. The number of hydrogen-bond acceptors (Lipinski definition) is 2. The fourth-order valence-corrected chi connectivity index (χ4v) is 3.37. The molecule has 1 saturated heterocycles. The summed E-state index contributed by atoms with van der Waals surface area (Å²) in [5, 5.41) is 0. The number of hydrogen-bond donors (Lipinski definition) is 1. The molecule has 0 radical (unpaired) electrons. The average Bonchev–Trinajstić information content (AvgIpc) is 2.47. The Morgan fingerprint density at radius 1 is 1.25 bits per heavy atom. The largest absolute Gasteiger partial charge is 0.320 e. The number of piperidine rings is 1. The molecule has 1 aromatic rings. The zero-order chi connectivity index (χ0) is 14.6. The highest BCUT2D eigenvalue weighted by molar-refractivity contribution is 5.28. The van der Waals surface area contributed by atoms with E-state index in [1.807, 2.05) is 0 Å². The first kappa shape index (κ1) is 15.3. The van der Waals surface area contributed by atoms with Crippen molar-refractivity contribution >= 4 is 0 Å². The molecular weight excluding hydrogens is 244 g/mol. The number of nitrogens with zero attached hydrogens (tertiary/aromatic N) is 1. The summed E-state index contributed by atoms with van der Waals surface area (Å²) in [7, 11) is 0. The second-order valence-electron chi connectivity index (χ2n) is 6.31. The Morgan fingerprint density at radius 2 is 1.85 bits per heavy atom. The van der Waals surface area contributed by atoms with Crippen LogP contribution in [0.15, 0.2) is 42.5 Å². The molecule has 0 spiro atoms. The van der Waals surface area contributed by atoms with Crippen LogP contribution in [-0.4, -0.2) is 24.0 Å². The molecule has 2 heteroatoms. The lowest BCUT2D eigenvalue weighted by Crippen LogP contribution is -2.56. The van der Waals surface area contributed by atoms with Crippen LogP contribution in [0.4, 0.5) is 0 Å². The second-order valence-corrected chi connectivity index (χ2v) is 6.31. The van der Waals surface area contributed by atoms with E-state index in [-0.39, 0.29) is 5.54 Å². The van der Waals surface area contributed by atoms with Crippen molar-refractivity contribution in [3.8, 4) is 0 Å². The molecule has 2 atom stereocenters. The zero-order valence-electron chi connectivity index (χ0n) is 12.9. The van der Waals surface area contributed by atoms with Gasteiger partial charge < -0.3 is 5.73 Å². The summed E-state index contributed by atoms with van der Waals surface area (Å²) < 4.78 is 0. The third-order valence-electron chi connectivity index (χ3n) is 4.59. The molecule has 1 aromatic carbocycles. The molecular formula is C18H28N2. The van der Waals surface area contributed by atoms with E-state index in [4.69, 9.17) is 5.73 Å². The molecule has 2 rings (SSSR count). The van der Waals surface area contributed by atoms with Gasteiger partial charge >= 0.3 is 0 Å². The zero-order valence-corrected chi connectivity index (χ0v) is 12.9. The molecule has 1 aliphatic rings. The summed E-state index contributed by atoms with van der Waals surface area (Å²) in [5.74, 6) is 0. The van der Waals surface area contributed by atoms with Gasteiger partial charge in [0.2, 0.25) is 0 Å². The Morgan fingerprint density at radius 3 is 2.40 bits per heavy atom. The maximum absolute atomic E-state index is 6.89. The molecule has 110 valence electrons. The minimum absolute atomic E-state index is 0.335. The van der Waals surface area contributed by atoms with Crippen LogP contribution in [0.1, 0.15) is 45.1 Å². The van der Waals surface area contributed by atoms with Gasteiger partial charge in [0, 0.05) is 6.04 Å². The lowest BCUT2D eigenvalue weighted by atomic mass is 9.78. The SMILES string of the molecule is C=C(C)CC(N)(c1ccccc1)C(C)N1CCCCC1. The Bertz CT molecular complexity index is 434. The lowest BCUT2D eigenvalue weighted by molar-refractivity contribution is 0.108. The van der Waals surface area contributed by atoms with Crippen LogP contribution in [0, 0.1) is 0 Å². The van der Waals surface area contributed by atoms with Crippen molar-refractivity contribution in [3.05, 3.63) is 48.0 Å². The van der Waals surface area contributed by atoms with E-state index in [1.54, 1.807) is 0 Å². The highest BCUT2D eigenvalue weighted by Gasteiger charge is 2.37. The fraction of sp³-hybridized carbons (Fsp3) is 0.556. The first-order valence-electron chi connectivity index (χ1n) is 7.77. The van der Waals surface area contributed by atoms with Gasteiger partial charge in [0.25, 0.3) is 0 Å². The van der Waals surface area contributed by atoms with Gasteiger partial charge in [0.05, 0.1) is 5.54 Å². The molecule has 1 aliphatic heterocycles. The summed E-state index contributed by atoms with van der Waals surface area (Å²) in [5.41, 5.74) is 8.93. The Labute approximate surface area is 123 Å². The van der Waals surface area contributed by atoms with Crippen LogP contribution in [0.3, 0.4) is 0 Å². The first-order chi connectivity index (χ1) is 9.54. The normalized spacial score (nSPS) is 21.1. The highest BCUT2D eigenvalue weighted by atomic mass is 15.2. The molecule has 0 aromatic heterocycles. The number of likely N-dealkylation sites (tertiary alicyclic amines) is 1. The van der Waals surface area contributed by atoms with Crippen LogP contribution < -0.4 is 5.73 Å². The van der Waals surface area contributed by atoms with Crippen LogP contribution >= 0.6 is 0 Å². The van der Waals surface area contributed by atoms with Crippen molar-refractivity contribution in [3.63, 3.8) is 0 Å². The van der Waals surface area contributed by atoms with Gasteiger partial charge in [-0.1, -0.05) is 42.3 Å². The van der Waals surface area contributed by atoms with Gasteiger partial charge in [-0.25, -0.2) is 0 Å². The van der Waals surface area contributed by atoms with E-state index < -0.39 is 0 Å². The highest BCUT2D eigenvalue weighted by Crippen LogP contribution is 2.33. The molecule has 20 heavy (non-hydrogen) atoms. The molecule has 0 saturated carbocycles. The van der Waals surface area contributed by atoms with Gasteiger partial charge in [-0.3, -0.25) is 4.90 Å². The van der Waals surface area contributed by atoms with Crippen molar-refractivity contribution in [2.24, 2.45) is 5.73 Å². The summed E-state index contributed by atoms with van der Waals surface area (Å²) in [6.45, 7) is 10.8. The monoisotopic (exact) mass is 272 g/mol. The van der Waals surface area contributed by atoms with E-state index in [1.165, 1.54) is 37.9 Å². The molecule has 2 nitrogen and oxygen atoms in total. The summed E-state index contributed by atoms with van der Waals surface area (Å²) in [6.07, 6.45) is 4.78. The van der Waals surface area contributed by atoms with Crippen LogP contribution in [0.5, 0.6) is 0 Å². The smallest absolute Gasteiger partial charge is 0.0601 e. The molecule has 2 N–H and O–H groups in total. The predicted molar refractivity (Wildman–Crippen MR) is 86.6 cm³/mol. The molecule has 0 amide bonds. The van der Waals surface area contributed by atoms with E-state index in [0.29, 0.717) is 6.04 Å². The van der Waals surface area contributed by atoms with Crippen LogP contribution in [0.2, 0.25) is 0 Å². The van der Waals surface area contributed by atoms with Gasteiger partial charge in [-0.2, -0.15) is 0 Å². The van der Waals surface area contributed by atoms with E-state index in [9.17, 15) is 0 Å². The first-order valence-corrected chi connectivity index (χ1v) is 7.77. The Balaban J connectivity index is 2.28. The van der Waals surface area contributed by atoms with Gasteiger partial charge in [0.15, 0.2) is 0 Å². The molecule has 1 heterocycles. The molecule has 2 unspecified atom stereocenters. The molecule has 0 bridgehead atoms.